The van der Waals surface area contributed by atoms with Crippen LogP contribution in [-0.2, 0) is 0 Å². The van der Waals surface area contributed by atoms with Crippen LogP contribution in [0.15, 0.2) is 28.7 Å². The van der Waals surface area contributed by atoms with E-state index < -0.39 is 0 Å². The number of ether oxygens (including phenoxy) is 1. The molecule has 1 aromatic heterocycles. The highest BCUT2D eigenvalue weighted by Crippen LogP contribution is 2.17. The molecule has 138 valence electrons. The maximum absolute atomic E-state index is 12.6. The minimum absolute atomic E-state index is 0.00118. The Morgan fingerprint density at radius 1 is 1.08 bits per heavy atom. The van der Waals surface area contributed by atoms with Gasteiger partial charge in [-0.25, -0.2) is 0 Å². The molecule has 8 nitrogen and oxygen atoms in total. The number of hydrogen-bond donors (Lipinski definition) is 0. The lowest BCUT2D eigenvalue weighted by Crippen LogP contribution is -2.50. The number of amides is 2. The van der Waals surface area contributed by atoms with Gasteiger partial charge >= 0.3 is 11.8 Å². The predicted molar refractivity (Wildman–Crippen MR) is 93.2 cm³/mol. The quantitative estimate of drug-likeness (QED) is 0.828. The smallest absolute Gasteiger partial charge is 0.311 e. The van der Waals surface area contributed by atoms with Crippen LogP contribution in [0.3, 0.4) is 0 Å². The largest absolute Gasteiger partial charge is 0.497 e. The molecule has 0 unspecified atom stereocenters. The molecule has 2 aromatic rings. The molecule has 1 aliphatic rings. The van der Waals surface area contributed by atoms with Crippen molar-refractivity contribution in [3.05, 3.63) is 41.6 Å². The molecule has 8 heteroatoms. The molecule has 1 fully saturated rings. The fourth-order valence-corrected chi connectivity index (χ4v) is 2.74. The first-order chi connectivity index (χ1) is 12.5. The number of piperazine rings is 1. The molecular formula is C18H22N4O4. The van der Waals surface area contributed by atoms with E-state index in [2.05, 4.69) is 10.2 Å². The number of rotatable bonds is 4. The van der Waals surface area contributed by atoms with E-state index in [1.807, 2.05) is 13.8 Å². The van der Waals surface area contributed by atoms with Gasteiger partial charge in [0.2, 0.25) is 5.89 Å². The molecule has 0 bridgehead atoms. The topological polar surface area (TPSA) is 88.8 Å². The SMILES string of the molecule is COc1cccc(C(=O)N2CCN(C(=O)c3nnc(C(C)C)o3)CC2)c1. The highest BCUT2D eigenvalue weighted by Gasteiger charge is 2.28. The molecule has 0 spiro atoms. The number of nitrogens with zero attached hydrogens (tertiary/aromatic N) is 4. The van der Waals surface area contributed by atoms with Gasteiger partial charge in [-0.15, -0.1) is 10.2 Å². The second-order valence-corrected chi connectivity index (χ2v) is 6.42. The van der Waals surface area contributed by atoms with E-state index in [0.717, 1.165) is 0 Å². The van der Waals surface area contributed by atoms with Crippen LogP contribution in [0, 0.1) is 0 Å². The fraction of sp³-hybridized carbons (Fsp3) is 0.444. The third-order valence-electron chi connectivity index (χ3n) is 4.29. The van der Waals surface area contributed by atoms with Crippen LogP contribution in [-0.4, -0.2) is 65.1 Å². The summed E-state index contributed by atoms with van der Waals surface area (Å²) >= 11 is 0. The van der Waals surface area contributed by atoms with Crippen LogP contribution < -0.4 is 4.74 Å². The van der Waals surface area contributed by atoms with Crippen LogP contribution in [0.2, 0.25) is 0 Å². The van der Waals surface area contributed by atoms with Crippen molar-refractivity contribution in [2.75, 3.05) is 33.3 Å². The first kappa shape index (κ1) is 17.9. The lowest BCUT2D eigenvalue weighted by molar-refractivity contribution is 0.0512. The number of hydrogen-bond acceptors (Lipinski definition) is 6. The molecular weight excluding hydrogens is 336 g/mol. The number of aromatic nitrogens is 2. The maximum Gasteiger partial charge on any atom is 0.311 e. The monoisotopic (exact) mass is 358 g/mol. The third-order valence-corrected chi connectivity index (χ3v) is 4.29. The maximum atomic E-state index is 12.6. The average molecular weight is 358 g/mol. The first-order valence-corrected chi connectivity index (χ1v) is 8.55. The zero-order valence-electron chi connectivity index (χ0n) is 15.1. The summed E-state index contributed by atoms with van der Waals surface area (Å²) in [5.41, 5.74) is 0.572. The predicted octanol–water partition coefficient (Wildman–Crippen LogP) is 1.80. The molecule has 26 heavy (non-hydrogen) atoms. The van der Waals surface area contributed by atoms with E-state index in [4.69, 9.17) is 9.15 Å². The zero-order valence-corrected chi connectivity index (χ0v) is 15.1. The second-order valence-electron chi connectivity index (χ2n) is 6.42. The van der Waals surface area contributed by atoms with Gasteiger partial charge in [0.1, 0.15) is 5.75 Å². The molecule has 1 saturated heterocycles. The molecule has 2 amide bonds. The number of carbonyl (C=O) groups is 2. The Morgan fingerprint density at radius 3 is 2.31 bits per heavy atom. The van der Waals surface area contributed by atoms with Crippen molar-refractivity contribution < 1.29 is 18.7 Å². The second kappa shape index (κ2) is 7.55. The number of methoxy groups -OCH3 is 1. The Labute approximate surface area is 151 Å². The summed E-state index contributed by atoms with van der Waals surface area (Å²) in [5.74, 6) is 0.790. The van der Waals surface area contributed by atoms with E-state index in [-0.39, 0.29) is 23.6 Å². The van der Waals surface area contributed by atoms with Crippen molar-refractivity contribution in [1.29, 1.82) is 0 Å². The van der Waals surface area contributed by atoms with Gasteiger partial charge in [0.15, 0.2) is 0 Å². The highest BCUT2D eigenvalue weighted by molar-refractivity contribution is 5.95. The van der Waals surface area contributed by atoms with E-state index in [1.165, 1.54) is 0 Å². The summed E-state index contributed by atoms with van der Waals surface area (Å²) in [6.07, 6.45) is 0. The van der Waals surface area contributed by atoms with Crippen molar-refractivity contribution in [3.63, 3.8) is 0 Å². The highest BCUT2D eigenvalue weighted by atomic mass is 16.5. The lowest BCUT2D eigenvalue weighted by atomic mass is 10.1. The van der Waals surface area contributed by atoms with Gasteiger partial charge in [0.25, 0.3) is 5.91 Å². The Morgan fingerprint density at radius 2 is 1.73 bits per heavy atom. The first-order valence-electron chi connectivity index (χ1n) is 8.55. The van der Waals surface area contributed by atoms with E-state index in [9.17, 15) is 9.59 Å². The van der Waals surface area contributed by atoms with Crippen molar-refractivity contribution >= 4 is 11.8 Å². The zero-order chi connectivity index (χ0) is 18.7. The molecule has 3 rings (SSSR count). The summed E-state index contributed by atoms with van der Waals surface area (Å²) in [6, 6.07) is 7.05. The average Bonchev–Trinajstić information content (AvgIpc) is 3.17. The van der Waals surface area contributed by atoms with E-state index in [1.54, 1.807) is 41.2 Å². The van der Waals surface area contributed by atoms with Crippen LogP contribution in [0.4, 0.5) is 0 Å². The molecule has 0 radical (unpaired) electrons. The molecule has 1 aliphatic heterocycles. The van der Waals surface area contributed by atoms with Gasteiger partial charge < -0.3 is 19.0 Å². The summed E-state index contributed by atoms with van der Waals surface area (Å²) in [5, 5.41) is 7.72. The van der Waals surface area contributed by atoms with Crippen molar-refractivity contribution in [2.24, 2.45) is 0 Å². The lowest BCUT2D eigenvalue weighted by Gasteiger charge is -2.34. The number of carbonyl (C=O) groups excluding carboxylic acids is 2. The fourth-order valence-electron chi connectivity index (χ4n) is 2.74. The van der Waals surface area contributed by atoms with E-state index >= 15 is 0 Å². The Kier molecular flexibility index (Phi) is 5.20. The van der Waals surface area contributed by atoms with Gasteiger partial charge in [0.05, 0.1) is 7.11 Å². The molecule has 0 saturated carbocycles. The Hall–Kier alpha value is -2.90. The van der Waals surface area contributed by atoms with Crippen LogP contribution in [0.5, 0.6) is 5.75 Å². The van der Waals surface area contributed by atoms with Gasteiger partial charge in [-0.2, -0.15) is 0 Å². The van der Waals surface area contributed by atoms with Gasteiger partial charge in [-0.1, -0.05) is 19.9 Å². The summed E-state index contributed by atoms with van der Waals surface area (Å²) in [6.45, 7) is 5.59. The number of benzene rings is 1. The minimum Gasteiger partial charge on any atom is -0.497 e. The van der Waals surface area contributed by atoms with Gasteiger partial charge in [0, 0.05) is 37.7 Å². The normalized spacial score (nSPS) is 14.6. The van der Waals surface area contributed by atoms with Gasteiger partial charge in [-0.3, -0.25) is 9.59 Å². The molecule has 1 aromatic carbocycles. The molecule has 0 aliphatic carbocycles. The van der Waals surface area contributed by atoms with Crippen molar-refractivity contribution in [3.8, 4) is 5.75 Å². The third kappa shape index (κ3) is 3.68. The van der Waals surface area contributed by atoms with Crippen LogP contribution in [0.1, 0.15) is 46.7 Å². The standard InChI is InChI=1S/C18H22N4O4/c1-12(2)15-19-20-16(26-15)18(24)22-9-7-21(8-10-22)17(23)13-5-4-6-14(11-13)25-3/h4-6,11-12H,7-10H2,1-3H3. The summed E-state index contributed by atoms with van der Waals surface area (Å²) in [7, 11) is 1.57. The van der Waals surface area contributed by atoms with Crippen LogP contribution >= 0.6 is 0 Å². The minimum atomic E-state index is -0.294. The van der Waals surface area contributed by atoms with Crippen LogP contribution in [0.25, 0.3) is 0 Å². The van der Waals surface area contributed by atoms with Crippen molar-refractivity contribution in [2.45, 2.75) is 19.8 Å². The van der Waals surface area contributed by atoms with Gasteiger partial charge in [-0.05, 0) is 18.2 Å². The summed E-state index contributed by atoms with van der Waals surface area (Å²) in [4.78, 5) is 28.5. The van der Waals surface area contributed by atoms with Crippen molar-refractivity contribution in [1.82, 2.24) is 20.0 Å². The summed E-state index contributed by atoms with van der Waals surface area (Å²) < 4.78 is 10.6. The van der Waals surface area contributed by atoms with E-state index in [0.29, 0.717) is 43.4 Å². The molecule has 0 N–H and O–H groups in total. The molecule has 0 atom stereocenters. The molecule has 2 heterocycles. The Bertz CT molecular complexity index is 794. The Balaban J connectivity index is 1.61.